The van der Waals surface area contributed by atoms with E-state index in [0.717, 1.165) is 23.0 Å². The van der Waals surface area contributed by atoms with E-state index in [1.807, 2.05) is 25.1 Å². The average molecular weight is 262 g/mol. The number of nitrogens with one attached hydrogen (secondary N) is 1. The molecule has 0 spiro atoms. The number of thiazole rings is 1. The Kier molecular flexibility index (Phi) is 4.33. The Balaban J connectivity index is 2.01. The van der Waals surface area contributed by atoms with Crippen LogP contribution in [0.15, 0.2) is 29.6 Å². The lowest BCUT2D eigenvalue weighted by Gasteiger charge is -2.16. The van der Waals surface area contributed by atoms with Crippen molar-refractivity contribution in [2.45, 2.75) is 26.4 Å². The van der Waals surface area contributed by atoms with Crippen molar-refractivity contribution in [3.63, 3.8) is 0 Å². The van der Waals surface area contributed by atoms with Gasteiger partial charge in [-0.25, -0.2) is 4.98 Å². The van der Waals surface area contributed by atoms with Crippen molar-refractivity contribution in [2.24, 2.45) is 0 Å². The van der Waals surface area contributed by atoms with Crippen LogP contribution < -0.4 is 10.1 Å². The van der Waals surface area contributed by atoms with Crippen LogP contribution in [0, 0.1) is 6.92 Å². The number of aryl methyl sites for hydroxylation is 1. The zero-order chi connectivity index (χ0) is 13.0. The molecular formula is C14H18N2OS. The SMILES string of the molecule is COc1ccccc1C(C)NCc1nc(C)cs1. The zero-order valence-corrected chi connectivity index (χ0v) is 11.8. The van der Waals surface area contributed by atoms with E-state index < -0.39 is 0 Å². The number of methoxy groups -OCH3 is 1. The first kappa shape index (κ1) is 13.1. The second-order valence-corrected chi connectivity index (χ2v) is 5.17. The van der Waals surface area contributed by atoms with E-state index in [9.17, 15) is 0 Å². The van der Waals surface area contributed by atoms with E-state index in [1.54, 1.807) is 18.4 Å². The summed E-state index contributed by atoms with van der Waals surface area (Å²) >= 11 is 1.69. The quantitative estimate of drug-likeness (QED) is 0.897. The summed E-state index contributed by atoms with van der Waals surface area (Å²) in [7, 11) is 1.70. The van der Waals surface area contributed by atoms with Crippen molar-refractivity contribution in [2.75, 3.05) is 7.11 Å². The molecule has 0 saturated carbocycles. The van der Waals surface area contributed by atoms with Crippen molar-refractivity contribution in [3.05, 3.63) is 45.9 Å². The molecule has 0 radical (unpaired) electrons. The maximum absolute atomic E-state index is 5.37. The fourth-order valence-electron chi connectivity index (χ4n) is 1.86. The molecule has 0 aliphatic rings. The summed E-state index contributed by atoms with van der Waals surface area (Å²) in [6.45, 7) is 4.94. The third-order valence-electron chi connectivity index (χ3n) is 2.83. The minimum Gasteiger partial charge on any atom is -0.496 e. The standard InChI is InChI=1S/C14H18N2OS/c1-10-9-18-14(16-10)8-15-11(2)12-6-4-5-7-13(12)17-3/h4-7,9,11,15H,8H2,1-3H3. The molecule has 96 valence electrons. The van der Waals surface area contributed by atoms with E-state index in [4.69, 9.17) is 4.74 Å². The predicted octanol–water partition coefficient (Wildman–Crippen LogP) is 3.31. The number of rotatable bonds is 5. The maximum Gasteiger partial charge on any atom is 0.123 e. The van der Waals surface area contributed by atoms with Crippen LogP contribution in [0.4, 0.5) is 0 Å². The fraction of sp³-hybridized carbons (Fsp3) is 0.357. The van der Waals surface area contributed by atoms with E-state index in [1.165, 1.54) is 5.56 Å². The summed E-state index contributed by atoms with van der Waals surface area (Å²) in [5.74, 6) is 0.924. The first-order valence-electron chi connectivity index (χ1n) is 5.98. The van der Waals surface area contributed by atoms with Crippen LogP contribution >= 0.6 is 11.3 Å². The fourth-order valence-corrected chi connectivity index (χ4v) is 2.58. The predicted molar refractivity (Wildman–Crippen MR) is 75.1 cm³/mol. The molecule has 1 unspecified atom stereocenters. The second kappa shape index (κ2) is 5.98. The molecule has 0 bridgehead atoms. The van der Waals surface area contributed by atoms with Gasteiger partial charge < -0.3 is 10.1 Å². The van der Waals surface area contributed by atoms with Crippen LogP contribution in [0.1, 0.15) is 29.2 Å². The van der Waals surface area contributed by atoms with Gasteiger partial charge in [-0.15, -0.1) is 11.3 Å². The summed E-state index contributed by atoms with van der Waals surface area (Å²) in [5.41, 5.74) is 2.26. The Labute approximate surface area is 112 Å². The highest BCUT2D eigenvalue weighted by atomic mass is 32.1. The molecule has 1 N–H and O–H groups in total. The largest absolute Gasteiger partial charge is 0.496 e. The molecule has 0 aliphatic carbocycles. The highest BCUT2D eigenvalue weighted by Crippen LogP contribution is 2.24. The van der Waals surface area contributed by atoms with Gasteiger partial charge in [-0.3, -0.25) is 0 Å². The summed E-state index contributed by atoms with van der Waals surface area (Å²) in [6.07, 6.45) is 0. The van der Waals surface area contributed by atoms with Gasteiger partial charge in [0, 0.05) is 29.2 Å². The van der Waals surface area contributed by atoms with Crippen LogP contribution in [0.25, 0.3) is 0 Å². The Hall–Kier alpha value is -1.39. The first-order valence-corrected chi connectivity index (χ1v) is 6.86. The van der Waals surface area contributed by atoms with Crippen molar-refractivity contribution < 1.29 is 4.74 Å². The number of benzene rings is 1. The normalized spacial score (nSPS) is 12.4. The van der Waals surface area contributed by atoms with Gasteiger partial charge in [0.25, 0.3) is 0 Å². The van der Waals surface area contributed by atoms with Crippen molar-refractivity contribution in [1.82, 2.24) is 10.3 Å². The monoisotopic (exact) mass is 262 g/mol. The van der Waals surface area contributed by atoms with Crippen molar-refractivity contribution in [1.29, 1.82) is 0 Å². The lowest BCUT2D eigenvalue weighted by Crippen LogP contribution is -2.18. The van der Waals surface area contributed by atoms with Gasteiger partial charge >= 0.3 is 0 Å². The van der Waals surface area contributed by atoms with Gasteiger partial charge in [-0.2, -0.15) is 0 Å². The molecular weight excluding hydrogens is 244 g/mol. The third-order valence-corrected chi connectivity index (χ3v) is 3.80. The molecule has 0 aliphatic heterocycles. The zero-order valence-electron chi connectivity index (χ0n) is 10.9. The topological polar surface area (TPSA) is 34.1 Å². The van der Waals surface area contributed by atoms with Crippen LogP contribution in [0.3, 0.4) is 0 Å². The van der Waals surface area contributed by atoms with Gasteiger partial charge in [0.05, 0.1) is 7.11 Å². The highest BCUT2D eigenvalue weighted by Gasteiger charge is 2.10. The number of ether oxygens (including phenoxy) is 1. The Morgan fingerprint density at radius 3 is 2.83 bits per heavy atom. The molecule has 0 saturated heterocycles. The minimum absolute atomic E-state index is 0.241. The van der Waals surface area contributed by atoms with Gasteiger partial charge in [0.2, 0.25) is 0 Å². The van der Waals surface area contributed by atoms with E-state index >= 15 is 0 Å². The maximum atomic E-state index is 5.37. The molecule has 4 heteroatoms. The summed E-state index contributed by atoms with van der Waals surface area (Å²) < 4.78 is 5.37. The Bertz CT molecular complexity index is 510. The van der Waals surface area contributed by atoms with Gasteiger partial charge in [0.1, 0.15) is 10.8 Å². The molecule has 2 rings (SSSR count). The van der Waals surface area contributed by atoms with E-state index in [0.29, 0.717) is 0 Å². The van der Waals surface area contributed by atoms with Gasteiger partial charge in [-0.05, 0) is 19.9 Å². The number of nitrogens with zero attached hydrogens (tertiary/aromatic N) is 1. The van der Waals surface area contributed by atoms with Crippen LogP contribution in [-0.4, -0.2) is 12.1 Å². The molecule has 1 aromatic heterocycles. The van der Waals surface area contributed by atoms with E-state index in [-0.39, 0.29) is 6.04 Å². The number of hydrogen-bond acceptors (Lipinski definition) is 4. The Morgan fingerprint density at radius 1 is 1.39 bits per heavy atom. The van der Waals surface area contributed by atoms with Gasteiger partial charge in [-0.1, -0.05) is 18.2 Å². The van der Waals surface area contributed by atoms with Gasteiger partial charge in [0.15, 0.2) is 0 Å². The van der Waals surface area contributed by atoms with Crippen molar-refractivity contribution >= 4 is 11.3 Å². The lowest BCUT2D eigenvalue weighted by molar-refractivity contribution is 0.401. The Morgan fingerprint density at radius 2 is 2.17 bits per heavy atom. The molecule has 18 heavy (non-hydrogen) atoms. The molecule has 1 atom stereocenters. The minimum atomic E-state index is 0.241. The number of para-hydroxylation sites is 1. The van der Waals surface area contributed by atoms with Crippen LogP contribution in [-0.2, 0) is 6.54 Å². The molecule has 2 aromatic rings. The van der Waals surface area contributed by atoms with E-state index in [2.05, 4.69) is 28.7 Å². The molecule has 1 heterocycles. The molecule has 1 aromatic carbocycles. The summed E-state index contributed by atoms with van der Waals surface area (Å²) in [5, 5.41) is 6.67. The van der Waals surface area contributed by atoms with Crippen LogP contribution in [0.2, 0.25) is 0 Å². The summed E-state index contributed by atoms with van der Waals surface area (Å²) in [6, 6.07) is 8.33. The second-order valence-electron chi connectivity index (χ2n) is 4.23. The highest BCUT2D eigenvalue weighted by molar-refractivity contribution is 7.09. The number of aromatic nitrogens is 1. The van der Waals surface area contributed by atoms with Crippen molar-refractivity contribution in [3.8, 4) is 5.75 Å². The van der Waals surface area contributed by atoms with Crippen LogP contribution in [0.5, 0.6) is 5.75 Å². The lowest BCUT2D eigenvalue weighted by atomic mass is 10.1. The molecule has 0 amide bonds. The molecule has 0 fully saturated rings. The molecule has 3 nitrogen and oxygen atoms in total. The first-order chi connectivity index (χ1) is 8.70. The third kappa shape index (κ3) is 3.09. The average Bonchev–Trinajstić information content (AvgIpc) is 2.81. The smallest absolute Gasteiger partial charge is 0.123 e. The summed E-state index contributed by atoms with van der Waals surface area (Å²) in [4.78, 5) is 4.44. The number of hydrogen-bond donors (Lipinski definition) is 1.